The Bertz CT molecular complexity index is 922. The van der Waals surface area contributed by atoms with Crippen LogP contribution in [0.1, 0.15) is 24.0 Å². The van der Waals surface area contributed by atoms with Gasteiger partial charge in [0.2, 0.25) is 0 Å². The van der Waals surface area contributed by atoms with Crippen molar-refractivity contribution in [1.82, 2.24) is 9.97 Å². The fraction of sp³-hybridized carbons (Fsp3) is 0.304. The lowest BCUT2D eigenvalue weighted by Crippen LogP contribution is -2.35. The number of benzene rings is 2. The summed E-state index contributed by atoms with van der Waals surface area (Å²) in [6.45, 7) is 2.41. The maximum Gasteiger partial charge on any atom is 0.157 e. The predicted molar refractivity (Wildman–Crippen MR) is 115 cm³/mol. The van der Waals surface area contributed by atoms with E-state index in [1.165, 1.54) is 17.7 Å². The van der Waals surface area contributed by atoms with Crippen LogP contribution in [0.25, 0.3) is 0 Å². The van der Waals surface area contributed by atoms with Gasteiger partial charge in [0, 0.05) is 19.6 Å². The summed E-state index contributed by atoms with van der Waals surface area (Å²) in [5, 5.41) is 3.24. The van der Waals surface area contributed by atoms with Crippen LogP contribution in [0.2, 0.25) is 0 Å². The molecular weight excluding hydrogens is 365 g/mol. The third-order valence-electron chi connectivity index (χ3n) is 5.52. The largest absolute Gasteiger partial charge is 0.393 e. The lowest BCUT2D eigenvalue weighted by Gasteiger charge is -2.33. The number of hydrogen-bond donors (Lipinski definition) is 2. The summed E-state index contributed by atoms with van der Waals surface area (Å²) in [6.07, 6.45) is 4.92. The lowest BCUT2D eigenvalue weighted by atomic mass is 9.90. The Hall–Kier alpha value is -3.15. The molecule has 29 heavy (non-hydrogen) atoms. The number of rotatable bonds is 6. The average Bonchev–Trinajstić information content (AvgIpc) is 2.76. The normalized spacial score (nSPS) is 14.7. The Morgan fingerprint density at radius 3 is 2.41 bits per heavy atom. The topological polar surface area (TPSA) is 67.1 Å². The van der Waals surface area contributed by atoms with Gasteiger partial charge in [-0.2, -0.15) is 0 Å². The quantitative estimate of drug-likeness (QED) is 0.657. The van der Waals surface area contributed by atoms with Crippen molar-refractivity contribution in [2.24, 2.45) is 5.92 Å². The highest BCUT2D eigenvalue weighted by Gasteiger charge is 2.23. The fourth-order valence-electron chi connectivity index (χ4n) is 3.86. The number of aromatic nitrogens is 2. The molecule has 5 nitrogen and oxygen atoms in total. The Morgan fingerprint density at radius 2 is 1.69 bits per heavy atom. The second kappa shape index (κ2) is 8.90. The van der Waals surface area contributed by atoms with Crippen LogP contribution in [0.15, 0.2) is 60.9 Å². The van der Waals surface area contributed by atoms with Gasteiger partial charge >= 0.3 is 0 Å². The van der Waals surface area contributed by atoms with Crippen LogP contribution in [0.5, 0.6) is 0 Å². The number of nitrogens with one attached hydrogen (secondary N) is 1. The molecule has 2 aromatic carbocycles. The van der Waals surface area contributed by atoms with Crippen LogP contribution in [0.4, 0.5) is 21.7 Å². The van der Waals surface area contributed by atoms with Gasteiger partial charge in [0.05, 0.1) is 0 Å². The van der Waals surface area contributed by atoms with E-state index in [0.717, 1.165) is 43.7 Å². The van der Waals surface area contributed by atoms with E-state index >= 15 is 0 Å². The maximum absolute atomic E-state index is 13.1. The van der Waals surface area contributed by atoms with E-state index in [4.69, 9.17) is 5.73 Å². The van der Waals surface area contributed by atoms with Gasteiger partial charge in [-0.15, -0.1) is 0 Å². The van der Waals surface area contributed by atoms with Crippen molar-refractivity contribution in [2.45, 2.75) is 25.8 Å². The van der Waals surface area contributed by atoms with Crippen molar-refractivity contribution in [2.75, 3.05) is 29.0 Å². The first-order valence-electron chi connectivity index (χ1n) is 10.1. The van der Waals surface area contributed by atoms with Gasteiger partial charge in [-0.3, -0.25) is 0 Å². The molecule has 0 saturated carbocycles. The molecule has 0 spiro atoms. The van der Waals surface area contributed by atoms with Crippen molar-refractivity contribution >= 4 is 17.3 Å². The number of nitrogen functional groups attached to an aromatic ring is 1. The van der Waals surface area contributed by atoms with Crippen molar-refractivity contribution in [3.8, 4) is 0 Å². The minimum Gasteiger partial charge on any atom is -0.393 e. The summed E-state index contributed by atoms with van der Waals surface area (Å²) in [6, 6.07) is 17.1. The Morgan fingerprint density at radius 1 is 0.966 bits per heavy atom. The first kappa shape index (κ1) is 19.2. The second-order valence-corrected chi connectivity index (χ2v) is 7.56. The van der Waals surface area contributed by atoms with E-state index in [9.17, 15) is 4.39 Å². The molecule has 1 aliphatic heterocycles. The van der Waals surface area contributed by atoms with E-state index in [2.05, 4.69) is 50.5 Å². The molecular formula is C23H26FN5. The molecule has 0 bridgehead atoms. The van der Waals surface area contributed by atoms with E-state index in [1.54, 1.807) is 18.5 Å². The van der Waals surface area contributed by atoms with Crippen molar-refractivity contribution in [3.63, 3.8) is 0 Å². The lowest BCUT2D eigenvalue weighted by molar-refractivity contribution is 0.402. The van der Waals surface area contributed by atoms with E-state index in [0.29, 0.717) is 24.0 Å². The van der Waals surface area contributed by atoms with Gasteiger partial charge in [-0.1, -0.05) is 42.5 Å². The zero-order chi connectivity index (χ0) is 20.1. The van der Waals surface area contributed by atoms with Crippen LogP contribution in [0.3, 0.4) is 0 Å². The number of nitrogens with two attached hydrogens (primary N) is 1. The maximum atomic E-state index is 13.1. The highest BCUT2D eigenvalue weighted by atomic mass is 19.1. The average molecular weight is 391 g/mol. The number of anilines is 3. The number of hydrogen-bond acceptors (Lipinski definition) is 5. The molecule has 0 aliphatic carbocycles. The van der Waals surface area contributed by atoms with Gasteiger partial charge < -0.3 is 16.0 Å². The van der Waals surface area contributed by atoms with E-state index < -0.39 is 0 Å². The summed E-state index contributed by atoms with van der Waals surface area (Å²) in [4.78, 5) is 11.0. The Labute approximate surface area is 170 Å². The summed E-state index contributed by atoms with van der Waals surface area (Å²) >= 11 is 0. The van der Waals surface area contributed by atoms with Gasteiger partial charge in [0.25, 0.3) is 0 Å². The third kappa shape index (κ3) is 4.83. The minimum absolute atomic E-state index is 0.242. The molecule has 1 aliphatic rings. The molecule has 1 aromatic heterocycles. The predicted octanol–water partition coefficient (Wildman–Crippen LogP) is 4.27. The summed E-state index contributed by atoms with van der Waals surface area (Å²) in [5.74, 6) is 1.85. The number of halogens is 1. The molecule has 1 saturated heterocycles. The van der Waals surface area contributed by atoms with Gasteiger partial charge in [0.15, 0.2) is 11.6 Å². The van der Waals surface area contributed by atoms with E-state index in [1.807, 2.05) is 0 Å². The van der Waals surface area contributed by atoms with Crippen molar-refractivity contribution in [1.29, 1.82) is 0 Å². The molecule has 0 unspecified atom stereocenters. The zero-order valence-corrected chi connectivity index (χ0v) is 16.4. The molecule has 0 atom stereocenters. The first-order chi connectivity index (χ1) is 14.2. The zero-order valence-electron chi connectivity index (χ0n) is 16.4. The van der Waals surface area contributed by atoms with Crippen LogP contribution in [0, 0.1) is 11.7 Å². The highest BCUT2D eigenvalue weighted by molar-refractivity contribution is 5.75. The molecule has 2 heterocycles. The van der Waals surface area contributed by atoms with Crippen molar-refractivity contribution < 1.29 is 4.39 Å². The van der Waals surface area contributed by atoms with Crippen LogP contribution < -0.4 is 16.0 Å². The highest BCUT2D eigenvalue weighted by Crippen LogP contribution is 2.31. The molecule has 4 rings (SSSR count). The SMILES string of the molecule is Nc1c(NCc2ccc(F)cc2)ncnc1N1CCC(Cc2ccccc2)CC1. The monoisotopic (exact) mass is 391 g/mol. The second-order valence-electron chi connectivity index (χ2n) is 7.56. The minimum atomic E-state index is -0.242. The molecule has 6 heteroatoms. The Balaban J connectivity index is 1.36. The van der Waals surface area contributed by atoms with Crippen molar-refractivity contribution in [3.05, 3.63) is 77.9 Å². The smallest absolute Gasteiger partial charge is 0.157 e. The molecule has 3 N–H and O–H groups in total. The Kier molecular flexibility index (Phi) is 5.89. The first-order valence-corrected chi connectivity index (χ1v) is 10.1. The standard InChI is InChI=1S/C23H26FN5/c24-20-8-6-19(7-9-20)15-26-22-21(25)23(28-16-27-22)29-12-10-18(11-13-29)14-17-4-2-1-3-5-17/h1-9,16,18H,10-15,25H2,(H,26,27,28). The molecule has 0 amide bonds. The molecule has 3 aromatic rings. The summed E-state index contributed by atoms with van der Waals surface area (Å²) < 4.78 is 13.1. The van der Waals surface area contributed by atoms with Crippen LogP contribution >= 0.6 is 0 Å². The van der Waals surface area contributed by atoms with Gasteiger partial charge in [-0.25, -0.2) is 14.4 Å². The number of piperidine rings is 1. The number of nitrogens with zero attached hydrogens (tertiary/aromatic N) is 3. The van der Waals surface area contributed by atoms with Crippen LogP contribution in [-0.2, 0) is 13.0 Å². The third-order valence-corrected chi connectivity index (χ3v) is 5.52. The van der Waals surface area contributed by atoms with E-state index in [-0.39, 0.29) is 5.82 Å². The molecule has 0 radical (unpaired) electrons. The molecule has 1 fully saturated rings. The van der Waals surface area contributed by atoms with Crippen LogP contribution in [-0.4, -0.2) is 23.1 Å². The summed E-state index contributed by atoms with van der Waals surface area (Å²) in [7, 11) is 0. The van der Waals surface area contributed by atoms with Gasteiger partial charge in [-0.05, 0) is 48.4 Å². The molecule has 150 valence electrons. The summed E-state index contributed by atoms with van der Waals surface area (Å²) in [5.41, 5.74) is 9.31. The fourth-order valence-corrected chi connectivity index (χ4v) is 3.86. The van der Waals surface area contributed by atoms with Gasteiger partial charge in [0.1, 0.15) is 17.8 Å².